The third-order valence-electron chi connectivity index (χ3n) is 9.93. The quantitative estimate of drug-likeness (QED) is 0.116. The number of piperidine rings is 1. The zero-order valence-corrected chi connectivity index (χ0v) is 31.4. The van der Waals surface area contributed by atoms with E-state index in [1.54, 1.807) is 44.2 Å². The van der Waals surface area contributed by atoms with Gasteiger partial charge in [0.05, 0.1) is 25.5 Å². The van der Waals surface area contributed by atoms with Crippen LogP contribution in [-0.4, -0.2) is 99.8 Å². The first-order valence-electron chi connectivity index (χ1n) is 18.0. The third-order valence-corrected chi connectivity index (χ3v) is 11.6. The van der Waals surface area contributed by atoms with Crippen LogP contribution >= 0.6 is 7.75 Å². The Kier molecular flexibility index (Phi) is 11.8. The van der Waals surface area contributed by atoms with Gasteiger partial charge in [-0.25, -0.2) is 14.1 Å². The van der Waals surface area contributed by atoms with Gasteiger partial charge in [-0.3, -0.25) is 23.8 Å². The van der Waals surface area contributed by atoms with Crippen LogP contribution in [0.2, 0.25) is 0 Å². The lowest BCUT2D eigenvalue weighted by Crippen LogP contribution is -2.42. The molecule has 2 aliphatic heterocycles. The molecule has 3 N–H and O–H groups in total. The molecule has 2 saturated heterocycles. The Bertz CT molecular complexity index is 1910. The number of likely N-dealkylation sites (tertiary alicyclic amines) is 1. The van der Waals surface area contributed by atoms with Crippen molar-refractivity contribution in [1.82, 2.24) is 24.6 Å². The fourth-order valence-electron chi connectivity index (χ4n) is 6.97. The Morgan fingerprint density at radius 3 is 2.47 bits per heavy atom. The first-order valence-corrected chi connectivity index (χ1v) is 19.5. The number of halogens is 3. The highest BCUT2D eigenvalue weighted by atomic mass is 31.2. The summed E-state index contributed by atoms with van der Waals surface area (Å²) in [5.74, 6) is -1.83. The highest BCUT2D eigenvalue weighted by molar-refractivity contribution is 7.52. The van der Waals surface area contributed by atoms with E-state index in [0.717, 1.165) is 0 Å². The number of para-hydroxylation sites is 1. The largest absolute Gasteiger partial charge is 0.464 e. The molecule has 0 spiro atoms. The number of carbonyl (C=O) groups excluding carboxylic acids is 3. The summed E-state index contributed by atoms with van der Waals surface area (Å²) in [6.45, 7) is 3.48. The first-order chi connectivity index (χ1) is 26.1. The van der Waals surface area contributed by atoms with Crippen molar-refractivity contribution >= 4 is 37.0 Å². The van der Waals surface area contributed by atoms with Crippen molar-refractivity contribution in [1.29, 1.82) is 0 Å². The lowest BCUT2D eigenvalue weighted by molar-refractivity contribution is -0.172. The number of rotatable bonds is 16. The maximum atomic E-state index is 14.5. The molecule has 1 aromatic carbocycles. The lowest BCUT2D eigenvalue weighted by Gasteiger charge is -2.32. The molecule has 300 valence electrons. The summed E-state index contributed by atoms with van der Waals surface area (Å²) in [6.07, 6.45) is -4.50. The number of esters is 3. The second-order valence-corrected chi connectivity index (χ2v) is 15.6. The topological polar surface area (TPSA) is 195 Å². The predicted molar refractivity (Wildman–Crippen MR) is 187 cm³/mol. The number of nitrogens with two attached hydrogens (primary N) is 1. The zero-order valence-electron chi connectivity index (χ0n) is 30.5. The number of nitrogens with one attached hydrogen (secondary N) is 1. The van der Waals surface area contributed by atoms with Gasteiger partial charge in [-0.05, 0) is 63.0 Å². The van der Waals surface area contributed by atoms with Crippen LogP contribution in [0.5, 0.6) is 5.75 Å². The molecule has 0 radical (unpaired) electrons. The number of nitrogens with zero attached hydrogens (tertiary/aromatic N) is 4. The summed E-state index contributed by atoms with van der Waals surface area (Å²) in [6, 6.07) is 10.1. The Balaban J connectivity index is 1.21. The molecule has 4 heterocycles. The number of aromatic nitrogens is 3. The smallest absolute Gasteiger partial charge is 0.459 e. The van der Waals surface area contributed by atoms with E-state index in [-0.39, 0.29) is 56.4 Å². The van der Waals surface area contributed by atoms with Crippen molar-refractivity contribution in [2.75, 3.05) is 38.6 Å². The van der Waals surface area contributed by atoms with Gasteiger partial charge in [0.1, 0.15) is 35.3 Å². The average molecular weight is 797 g/mol. The lowest BCUT2D eigenvalue weighted by atomic mass is 9.98. The minimum absolute atomic E-state index is 0.00379. The van der Waals surface area contributed by atoms with E-state index in [0.29, 0.717) is 24.1 Å². The molecule has 2 aromatic heterocycles. The first kappa shape index (κ1) is 40.4. The number of ether oxygens (including phenoxy) is 4. The molecule has 1 unspecified atom stereocenters. The molecule has 6 atom stereocenters. The summed E-state index contributed by atoms with van der Waals surface area (Å²) < 4.78 is 90.3. The Labute approximate surface area is 314 Å². The fourth-order valence-corrected chi connectivity index (χ4v) is 8.50. The molecule has 0 amide bonds. The van der Waals surface area contributed by atoms with E-state index in [4.69, 9.17) is 33.7 Å². The summed E-state index contributed by atoms with van der Waals surface area (Å²) >= 11 is 0. The van der Waals surface area contributed by atoms with Crippen molar-refractivity contribution in [3.05, 3.63) is 54.5 Å². The molecule has 3 fully saturated rings. The fraction of sp³-hybridized carbons (Fsp3) is 0.571. The van der Waals surface area contributed by atoms with E-state index in [2.05, 4.69) is 15.2 Å². The van der Waals surface area contributed by atoms with Crippen LogP contribution in [0.3, 0.4) is 0 Å². The molecule has 1 aliphatic carbocycles. The van der Waals surface area contributed by atoms with E-state index in [1.807, 2.05) is 0 Å². The van der Waals surface area contributed by atoms with Crippen LogP contribution < -0.4 is 15.3 Å². The van der Waals surface area contributed by atoms with Crippen LogP contribution in [0, 0.1) is 5.92 Å². The minimum Gasteiger partial charge on any atom is -0.464 e. The number of hydrogen-bond acceptors (Lipinski definition) is 14. The Hall–Kier alpha value is -4.29. The van der Waals surface area contributed by atoms with Gasteiger partial charge >= 0.3 is 31.8 Å². The molecule has 1 saturated carbocycles. The number of carbonyl (C=O) groups is 3. The van der Waals surface area contributed by atoms with Crippen molar-refractivity contribution in [2.24, 2.45) is 5.92 Å². The normalized spacial score (nSPS) is 25.8. The predicted octanol–water partition coefficient (Wildman–Crippen LogP) is 4.54. The maximum Gasteiger partial charge on any atom is 0.459 e. The average Bonchev–Trinajstić information content (AvgIpc) is 3.41. The highest BCUT2D eigenvalue weighted by Crippen LogP contribution is 2.68. The van der Waals surface area contributed by atoms with E-state index >= 15 is 0 Å². The van der Waals surface area contributed by atoms with Gasteiger partial charge < -0.3 is 29.2 Å². The van der Waals surface area contributed by atoms with Gasteiger partial charge in [0.15, 0.2) is 17.5 Å². The van der Waals surface area contributed by atoms with Crippen molar-refractivity contribution in [2.45, 2.75) is 88.5 Å². The minimum atomic E-state index is -4.49. The number of hydrogen-bond donors (Lipinski definition) is 2. The van der Waals surface area contributed by atoms with E-state index < -0.39 is 74.4 Å². The number of fused-ring (bicyclic) bond motifs is 2. The summed E-state index contributed by atoms with van der Waals surface area (Å²) in [4.78, 5) is 44.2. The molecule has 0 bridgehead atoms. The SMILES string of the molecule is CCC(=O)O[C@H]1[C@H](c2ccc3c(N)ncnn23)O[C@@]2(COP(=O)(N[C@@H](C)C(=O)OCC3CCN(CC(F)(F)F)CC3)Oc3ccccc3)C[C@]12OC(=O)CC. The summed E-state index contributed by atoms with van der Waals surface area (Å²) in [5, 5.41) is 6.92. The monoisotopic (exact) mass is 796 g/mol. The van der Waals surface area contributed by atoms with Gasteiger partial charge in [-0.15, -0.1) is 0 Å². The Morgan fingerprint density at radius 1 is 1.09 bits per heavy atom. The molecule has 16 nitrogen and oxygen atoms in total. The second kappa shape index (κ2) is 16.1. The second-order valence-electron chi connectivity index (χ2n) is 13.9. The van der Waals surface area contributed by atoms with Gasteiger partial charge in [-0.1, -0.05) is 32.0 Å². The molecular formula is C35H44F3N6O10P. The molecule has 3 aliphatic rings. The molecular weight excluding hydrogens is 752 g/mol. The third kappa shape index (κ3) is 8.91. The van der Waals surface area contributed by atoms with Crippen LogP contribution in [0.15, 0.2) is 48.8 Å². The number of nitrogen functional groups attached to an aromatic ring is 1. The van der Waals surface area contributed by atoms with Gasteiger partial charge in [0.25, 0.3) is 0 Å². The van der Waals surface area contributed by atoms with E-state index in [9.17, 15) is 32.1 Å². The van der Waals surface area contributed by atoms with Crippen LogP contribution in [0.4, 0.5) is 19.0 Å². The maximum absolute atomic E-state index is 14.5. The molecule has 55 heavy (non-hydrogen) atoms. The summed E-state index contributed by atoms with van der Waals surface area (Å²) in [7, 11) is -4.49. The van der Waals surface area contributed by atoms with Crippen molar-refractivity contribution < 1.29 is 60.1 Å². The van der Waals surface area contributed by atoms with Gasteiger partial charge in [-0.2, -0.15) is 23.4 Å². The Morgan fingerprint density at radius 2 is 1.80 bits per heavy atom. The van der Waals surface area contributed by atoms with Crippen LogP contribution in [0.1, 0.15) is 64.7 Å². The van der Waals surface area contributed by atoms with Gasteiger partial charge in [0, 0.05) is 19.3 Å². The number of alkyl halides is 3. The number of anilines is 1. The molecule has 20 heteroatoms. The van der Waals surface area contributed by atoms with Gasteiger partial charge in [0.2, 0.25) is 0 Å². The number of benzene rings is 1. The van der Waals surface area contributed by atoms with Crippen molar-refractivity contribution in [3.8, 4) is 5.75 Å². The van der Waals surface area contributed by atoms with Crippen LogP contribution in [0.25, 0.3) is 5.52 Å². The van der Waals surface area contributed by atoms with E-state index in [1.165, 1.54) is 34.8 Å². The summed E-state index contributed by atoms with van der Waals surface area (Å²) in [5.41, 5.74) is 3.84. The molecule has 6 rings (SSSR count). The van der Waals surface area contributed by atoms with Crippen LogP contribution in [-0.2, 0) is 42.4 Å². The molecule has 3 aromatic rings. The zero-order chi connectivity index (χ0) is 39.6. The highest BCUT2D eigenvalue weighted by Gasteiger charge is 2.84. The standard InChI is InChI=1S/C35H44F3N6O10P/c1-4-27(45)51-30-29(25-11-12-26-31(39)40-21-41-44(25)26)53-33(18-34(30,33)52-28(46)5-2)20-50-55(48,54-24-9-7-6-8-10-24)42-22(3)32(47)49-17-23-13-15-43(16-14-23)19-35(36,37)38/h6-12,21-23,29-30H,4-5,13-20H2,1-3H3,(H,42,48)(H2,39,40,41)/t22-,29-,30-,33+,34-,55?/m0/s1. The van der Waals surface area contributed by atoms with Crippen molar-refractivity contribution in [3.63, 3.8) is 0 Å².